The molecule has 0 aliphatic heterocycles. The van der Waals surface area contributed by atoms with Gasteiger partial charge in [-0.1, -0.05) is 11.6 Å². The maximum Gasteiger partial charge on any atom is 0.187 e. The van der Waals surface area contributed by atoms with E-state index >= 15 is 0 Å². The number of nitrogens with one attached hydrogen (secondary N) is 1. The average molecular weight is 304 g/mol. The lowest BCUT2D eigenvalue weighted by molar-refractivity contribution is 0.104. The van der Waals surface area contributed by atoms with Crippen LogP contribution in [-0.4, -0.2) is 5.78 Å². The number of halogens is 2. The molecule has 0 fully saturated rings. The molecule has 0 unspecified atom stereocenters. The molecule has 108 valence electrons. The van der Waals surface area contributed by atoms with Crippen LogP contribution in [0.1, 0.15) is 22.8 Å². The second kappa shape index (κ2) is 6.55. The Morgan fingerprint density at radius 3 is 2.48 bits per heavy atom. The first-order chi connectivity index (χ1) is 9.95. The summed E-state index contributed by atoms with van der Waals surface area (Å²) in [4.78, 5) is 12.1. The quantitative estimate of drug-likeness (QED) is 0.637. The molecule has 0 saturated heterocycles. The molecule has 1 N–H and O–H groups in total. The molecule has 0 aromatic heterocycles. The van der Waals surface area contributed by atoms with E-state index < -0.39 is 0 Å². The first-order valence-corrected chi connectivity index (χ1v) is 6.85. The molecule has 0 heterocycles. The van der Waals surface area contributed by atoms with Crippen molar-refractivity contribution in [2.24, 2.45) is 0 Å². The van der Waals surface area contributed by atoms with Gasteiger partial charge in [-0.25, -0.2) is 4.39 Å². The zero-order chi connectivity index (χ0) is 15.4. The third-order valence-electron chi connectivity index (χ3n) is 2.98. The molecule has 0 aliphatic carbocycles. The molecule has 2 nitrogen and oxygen atoms in total. The summed E-state index contributed by atoms with van der Waals surface area (Å²) in [5.41, 5.74) is 2.54. The Balaban J connectivity index is 2.11. The van der Waals surface area contributed by atoms with Gasteiger partial charge >= 0.3 is 0 Å². The van der Waals surface area contributed by atoms with Crippen LogP contribution < -0.4 is 5.32 Å². The smallest absolute Gasteiger partial charge is 0.187 e. The van der Waals surface area contributed by atoms with Crippen LogP contribution in [-0.2, 0) is 0 Å². The van der Waals surface area contributed by atoms with E-state index in [1.54, 1.807) is 50.2 Å². The molecule has 2 aromatic carbocycles. The molecule has 0 aliphatic rings. The van der Waals surface area contributed by atoms with E-state index in [4.69, 9.17) is 11.6 Å². The summed E-state index contributed by atoms with van der Waals surface area (Å²) in [5, 5.41) is 3.66. The first kappa shape index (κ1) is 15.3. The number of rotatable bonds is 4. The summed E-state index contributed by atoms with van der Waals surface area (Å²) in [6.45, 7) is 3.48. The van der Waals surface area contributed by atoms with E-state index in [-0.39, 0.29) is 11.6 Å². The van der Waals surface area contributed by atoms with Gasteiger partial charge in [0.15, 0.2) is 5.78 Å². The fourth-order valence-corrected chi connectivity index (χ4v) is 2.01. The predicted octanol–water partition coefficient (Wildman–Crippen LogP) is 4.99. The van der Waals surface area contributed by atoms with Crippen LogP contribution in [0.15, 0.2) is 54.2 Å². The molecular weight excluding hydrogens is 289 g/mol. The third-order valence-corrected chi connectivity index (χ3v) is 3.23. The molecule has 2 aromatic rings. The Bertz CT molecular complexity index is 692. The van der Waals surface area contributed by atoms with E-state index in [0.717, 1.165) is 5.69 Å². The van der Waals surface area contributed by atoms with Crippen molar-refractivity contribution < 1.29 is 9.18 Å². The highest BCUT2D eigenvalue weighted by atomic mass is 35.5. The largest absolute Gasteiger partial charge is 0.359 e. The van der Waals surface area contributed by atoms with Crippen molar-refractivity contribution in [3.05, 3.63) is 76.2 Å². The topological polar surface area (TPSA) is 29.1 Å². The van der Waals surface area contributed by atoms with Crippen LogP contribution in [0.4, 0.5) is 10.1 Å². The van der Waals surface area contributed by atoms with E-state index in [1.165, 1.54) is 12.1 Å². The Hall–Kier alpha value is -2.13. The molecule has 21 heavy (non-hydrogen) atoms. The lowest BCUT2D eigenvalue weighted by Crippen LogP contribution is -2.01. The molecule has 4 heteroatoms. The number of aryl methyl sites for hydroxylation is 1. The minimum Gasteiger partial charge on any atom is -0.359 e. The van der Waals surface area contributed by atoms with Crippen LogP contribution in [0.25, 0.3) is 0 Å². The summed E-state index contributed by atoms with van der Waals surface area (Å²) >= 11 is 5.79. The minimum atomic E-state index is -0.251. The van der Waals surface area contributed by atoms with Crippen LogP contribution in [0.3, 0.4) is 0 Å². The highest BCUT2D eigenvalue weighted by Gasteiger charge is 2.04. The van der Waals surface area contributed by atoms with E-state index in [0.29, 0.717) is 21.8 Å². The number of anilines is 1. The SMILES string of the molecule is C/C(=C\C(=O)c1ccc(Cl)cc1)Nc1ccc(F)c(C)c1. The van der Waals surface area contributed by atoms with E-state index in [9.17, 15) is 9.18 Å². The van der Waals surface area contributed by atoms with Gasteiger partial charge in [-0.3, -0.25) is 4.79 Å². The molecule has 0 amide bonds. The molecule has 0 radical (unpaired) electrons. The van der Waals surface area contributed by atoms with Gasteiger partial charge in [0, 0.05) is 28.0 Å². The van der Waals surface area contributed by atoms with Gasteiger partial charge in [0.25, 0.3) is 0 Å². The van der Waals surface area contributed by atoms with Crippen LogP contribution in [0.5, 0.6) is 0 Å². The van der Waals surface area contributed by atoms with Gasteiger partial charge in [0.1, 0.15) is 5.82 Å². The summed E-state index contributed by atoms with van der Waals surface area (Å²) < 4.78 is 13.2. The van der Waals surface area contributed by atoms with Gasteiger partial charge in [0.2, 0.25) is 0 Å². The normalized spacial score (nSPS) is 11.3. The third kappa shape index (κ3) is 4.17. The molecule has 0 spiro atoms. The van der Waals surface area contributed by atoms with Crippen LogP contribution >= 0.6 is 11.6 Å². The zero-order valence-electron chi connectivity index (χ0n) is 11.8. The number of allylic oxidation sites excluding steroid dienone is 2. The summed E-state index contributed by atoms with van der Waals surface area (Å²) in [6.07, 6.45) is 1.50. The summed E-state index contributed by atoms with van der Waals surface area (Å²) in [7, 11) is 0. The number of benzene rings is 2. The molecule has 0 bridgehead atoms. The first-order valence-electron chi connectivity index (χ1n) is 6.47. The van der Waals surface area contributed by atoms with Crippen molar-refractivity contribution in [1.29, 1.82) is 0 Å². The fourth-order valence-electron chi connectivity index (χ4n) is 1.88. The molecule has 0 saturated carbocycles. The van der Waals surface area contributed by atoms with Crippen molar-refractivity contribution >= 4 is 23.1 Å². The second-order valence-electron chi connectivity index (χ2n) is 4.79. The standard InChI is InChI=1S/C17H15ClFNO/c1-11-9-15(7-8-16(11)19)20-12(2)10-17(21)13-3-5-14(18)6-4-13/h3-10,20H,1-2H3/b12-10+. The minimum absolute atomic E-state index is 0.115. The Morgan fingerprint density at radius 2 is 1.86 bits per heavy atom. The van der Waals surface area contributed by atoms with Gasteiger partial charge in [0.05, 0.1) is 0 Å². The van der Waals surface area contributed by atoms with Gasteiger partial charge in [-0.2, -0.15) is 0 Å². The number of ketones is 1. The maximum atomic E-state index is 13.2. The molecular formula is C17H15ClFNO. The monoisotopic (exact) mass is 303 g/mol. The van der Waals surface area contributed by atoms with Crippen molar-refractivity contribution in [1.82, 2.24) is 0 Å². The molecule has 0 atom stereocenters. The Kier molecular flexibility index (Phi) is 4.76. The number of hydrogen-bond donors (Lipinski definition) is 1. The highest BCUT2D eigenvalue weighted by molar-refractivity contribution is 6.30. The lowest BCUT2D eigenvalue weighted by atomic mass is 10.1. The van der Waals surface area contributed by atoms with Gasteiger partial charge in [-0.05, 0) is 61.9 Å². The second-order valence-corrected chi connectivity index (χ2v) is 5.22. The number of carbonyl (C=O) groups excluding carboxylic acids is 1. The Labute approximate surface area is 128 Å². The molecule has 2 rings (SSSR count). The van der Waals surface area contributed by atoms with E-state index in [1.807, 2.05) is 0 Å². The van der Waals surface area contributed by atoms with Gasteiger partial charge in [-0.15, -0.1) is 0 Å². The summed E-state index contributed by atoms with van der Waals surface area (Å²) in [5.74, 6) is -0.366. The number of hydrogen-bond acceptors (Lipinski definition) is 2. The van der Waals surface area contributed by atoms with Crippen molar-refractivity contribution in [3.8, 4) is 0 Å². The number of carbonyl (C=O) groups is 1. The fraction of sp³-hybridized carbons (Fsp3) is 0.118. The Morgan fingerprint density at radius 1 is 1.19 bits per heavy atom. The van der Waals surface area contributed by atoms with Crippen molar-refractivity contribution in [3.63, 3.8) is 0 Å². The van der Waals surface area contributed by atoms with Crippen molar-refractivity contribution in [2.45, 2.75) is 13.8 Å². The lowest BCUT2D eigenvalue weighted by Gasteiger charge is -2.08. The zero-order valence-corrected chi connectivity index (χ0v) is 12.5. The van der Waals surface area contributed by atoms with Crippen LogP contribution in [0, 0.1) is 12.7 Å². The summed E-state index contributed by atoms with van der Waals surface area (Å²) in [6, 6.07) is 11.4. The predicted molar refractivity (Wildman–Crippen MR) is 84.3 cm³/mol. The van der Waals surface area contributed by atoms with Gasteiger partial charge < -0.3 is 5.32 Å². The van der Waals surface area contributed by atoms with E-state index in [2.05, 4.69) is 5.32 Å². The van der Waals surface area contributed by atoms with Crippen LogP contribution in [0.2, 0.25) is 5.02 Å². The average Bonchev–Trinajstić information content (AvgIpc) is 2.43. The highest BCUT2D eigenvalue weighted by Crippen LogP contribution is 2.16. The maximum absolute atomic E-state index is 13.2. The van der Waals surface area contributed by atoms with Crippen molar-refractivity contribution in [2.75, 3.05) is 5.32 Å².